The Morgan fingerprint density at radius 2 is 1.64 bits per heavy atom. The predicted molar refractivity (Wildman–Crippen MR) is 86.3 cm³/mol. The highest BCUT2D eigenvalue weighted by Gasteiger charge is 2.17. The molecule has 2 aromatic rings. The molecule has 0 aliphatic rings. The van der Waals surface area contributed by atoms with E-state index in [-0.39, 0.29) is 16.1 Å². The lowest BCUT2D eigenvalue weighted by molar-refractivity contribution is 0.100. The van der Waals surface area contributed by atoms with E-state index >= 15 is 0 Å². The van der Waals surface area contributed by atoms with Crippen molar-refractivity contribution in [1.82, 2.24) is 0 Å². The molecule has 3 N–H and O–H groups in total. The van der Waals surface area contributed by atoms with Gasteiger partial charge in [0.1, 0.15) is 0 Å². The van der Waals surface area contributed by atoms with Gasteiger partial charge in [0.25, 0.3) is 15.9 Å². The lowest BCUT2D eigenvalue weighted by Gasteiger charge is -2.12. The highest BCUT2D eigenvalue weighted by molar-refractivity contribution is 7.92. The van der Waals surface area contributed by atoms with E-state index in [1.165, 1.54) is 12.1 Å². The fourth-order valence-electron chi connectivity index (χ4n) is 2.02. The number of carbonyl (C=O) groups is 1. The normalized spacial score (nSPS) is 11.4. The first-order valence-corrected chi connectivity index (χ1v) is 8.31. The summed E-state index contributed by atoms with van der Waals surface area (Å²) in [5, 5.41) is 0. The van der Waals surface area contributed by atoms with Crippen LogP contribution < -0.4 is 10.5 Å². The fourth-order valence-corrected chi connectivity index (χ4v) is 3.10. The Morgan fingerprint density at radius 1 is 1.05 bits per heavy atom. The molecule has 0 atom stereocenters. The Hall–Kier alpha value is -2.34. The van der Waals surface area contributed by atoms with Crippen LogP contribution >= 0.6 is 0 Å². The number of nitrogens with two attached hydrogens (primary N) is 1. The van der Waals surface area contributed by atoms with E-state index in [0.717, 1.165) is 5.56 Å². The zero-order chi connectivity index (χ0) is 16.3. The van der Waals surface area contributed by atoms with E-state index in [0.29, 0.717) is 5.92 Å². The second-order valence-electron chi connectivity index (χ2n) is 5.24. The quantitative estimate of drug-likeness (QED) is 0.888. The maximum atomic E-state index is 12.4. The molecule has 0 fully saturated rings. The first-order chi connectivity index (χ1) is 10.3. The van der Waals surface area contributed by atoms with Crippen molar-refractivity contribution >= 4 is 21.6 Å². The standard InChI is InChI=1S/C16H18N2O3S/c1-11(2)12-7-9-13(10-8-12)22(20,21)18-15-6-4-3-5-14(15)16(17)19/h3-11,18H,1-2H3,(H2,17,19). The molecule has 22 heavy (non-hydrogen) atoms. The van der Waals surface area contributed by atoms with Gasteiger partial charge >= 0.3 is 0 Å². The molecule has 1 amide bonds. The highest BCUT2D eigenvalue weighted by atomic mass is 32.2. The second-order valence-corrected chi connectivity index (χ2v) is 6.92. The van der Waals surface area contributed by atoms with Crippen LogP contribution in [-0.2, 0) is 10.0 Å². The Labute approximate surface area is 130 Å². The molecular formula is C16H18N2O3S. The summed E-state index contributed by atoms with van der Waals surface area (Å²) in [4.78, 5) is 11.5. The summed E-state index contributed by atoms with van der Waals surface area (Å²) in [6, 6.07) is 12.9. The molecule has 116 valence electrons. The minimum Gasteiger partial charge on any atom is -0.366 e. The number of amides is 1. The van der Waals surface area contributed by atoms with Gasteiger partial charge in [-0.2, -0.15) is 0 Å². The first-order valence-electron chi connectivity index (χ1n) is 6.83. The summed E-state index contributed by atoms with van der Waals surface area (Å²) in [5.41, 5.74) is 6.60. The molecular weight excluding hydrogens is 300 g/mol. The number of hydrogen-bond acceptors (Lipinski definition) is 3. The number of anilines is 1. The molecule has 0 bridgehead atoms. The van der Waals surface area contributed by atoms with E-state index in [9.17, 15) is 13.2 Å². The predicted octanol–water partition coefficient (Wildman–Crippen LogP) is 2.71. The molecule has 0 radical (unpaired) electrons. The number of para-hydroxylation sites is 1. The van der Waals surface area contributed by atoms with Gasteiger partial charge in [-0.1, -0.05) is 38.1 Å². The minimum absolute atomic E-state index is 0.130. The molecule has 0 unspecified atom stereocenters. The zero-order valence-corrected chi connectivity index (χ0v) is 13.2. The fraction of sp³-hybridized carbons (Fsp3) is 0.188. The number of rotatable bonds is 5. The topological polar surface area (TPSA) is 89.3 Å². The van der Waals surface area contributed by atoms with Crippen molar-refractivity contribution in [3.05, 3.63) is 59.7 Å². The van der Waals surface area contributed by atoms with E-state index in [1.807, 2.05) is 13.8 Å². The van der Waals surface area contributed by atoms with Crippen LogP contribution in [0.25, 0.3) is 0 Å². The van der Waals surface area contributed by atoms with Crippen molar-refractivity contribution < 1.29 is 13.2 Å². The summed E-state index contributed by atoms with van der Waals surface area (Å²) < 4.78 is 27.2. The van der Waals surface area contributed by atoms with E-state index in [1.54, 1.807) is 36.4 Å². The number of carbonyl (C=O) groups excluding carboxylic acids is 1. The van der Waals surface area contributed by atoms with Crippen LogP contribution in [-0.4, -0.2) is 14.3 Å². The van der Waals surface area contributed by atoms with Crippen molar-refractivity contribution in [3.63, 3.8) is 0 Å². The lowest BCUT2D eigenvalue weighted by Crippen LogP contribution is -2.18. The summed E-state index contributed by atoms with van der Waals surface area (Å²) in [5.74, 6) is -0.367. The van der Waals surface area contributed by atoms with Crippen molar-refractivity contribution in [1.29, 1.82) is 0 Å². The minimum atomic E-state index is -3.77. The van der Waals surface area contributed by atoms with Gasteiger partial charge in [0.2, 0.25) is 0 Å². The largest absolute Gasteiger partial charge is 0.366 e. The first kappa shape index (κ1) is 16.0. The number of hydrogen-bond donors (Lipinski definition) is 2. The molecule has 5 nitrogen and oxygen atoms in total. The number of sulfonamides is 1. The van der Waals surface area contributed by atoms with Gasteiger partial charge in [-0.3, -0.25) is 9.52 Å². The van der Waals surface area contributed by atoms with Crippen LogP contribution in [0.4, 0.5) is 5.69 Å². The maximum Gasteiger partial charge on any atom is 0.261 e. The zero-order valence-electron chi connectivity index (χ0n) is 12.4. The summed E-state index contributed by atoms with van der Waals surface area (Å²) >= 11 is 0. The molecule has 0 spiro atoms. The van der Waals surface area contributed by atoms with Crippen LogP contribution in [0.1, 0.15) is 35.7 Å². The lowest BCUT2D eigenvalue weighted by atomic mass is 10.0. The Kier molecular flexibility index (Phi) is 4.51. The summed E-state index contributed by atoms with van der Waals surface area (Å²) in [6.45, 7) is 4.07. The van der Waals surface area contributed by atoms with Crippen molar-refractivity contribution in [2.45, 2.75) is 24.7 Å². The average Bonchev–Trinajstić information content (AvgIpc) is 2.47. The van der Waals surface area contributed by atoms with Crippen LogP contribution in [0.15, 0.2) is 53.4 Å². The molecule has 6 heteroatoms. The van der Waals surface area contributed by atoms with Crippen LogP contribution in [0, 0.1) is 0 Å². The van der Waals surface area contributed by atoms with Gasteiger partial charge in [-0.05, 0) is 35.7 Å². The SMILES string of the molecule is CC(C)c1ccc(S(=O)(=O)Nc2ccccc2C(N)=O)cc1. The number of primary amides is 1. The number of nitrogens with one attached hydrogen (secondary N) is 1. The highest BCUT2D eigenvalue weighted by Crippen LogP contribution is 2.21. The third-order valence-electron chi connectivity index (χ3n) is 3.29. The van der Waals surface area contributed by atoms with E-state index in [4.69, 9.17) is 5.73 Å². The van der Waals surface area contributed by atoms with Crippen LogP contribution in [0.3, 0.4) is 0 Å². The van der Waals surface area contributed by atoms with Gasteiger partial charge in [-0.25, -0.2) is 8.42 Å². The molecule has 2 aromatic carbocycles. The van der Waals surface area contributed by atoms with Gasteiger partial charge in [0.15, 0.2) is 0 Å². The molecule has 0 saturated carbocycles. The second kappa shape index (κ2) is 6.19. The van der Waals surface area contributed by atoms with Gasteiger partial charge in [0.05, 0.1) is 16.1 Å². The van der Waals surface area contributed by atoms with Gasteiger partial charge < -0.3 is 5.73 Å². The van der Waals surface area contributed by atoms with Crippen LogP contribution in [0.2, 0.25) is 0 Å². The monoisotopic (exact) mass is 318 g/mol. The summed E-state index contributed by atoms with van der Waals surface area (Å²) in [7, 11) is -3.77. The maximum absolute atomic E-state index is 12.4. The molecule has 0 heterocycles. The Bertz CT molecular complexity index is 781. The van der Waals surface area contributed by atoms with Gasteiger partial charge in [-0.15, -0.1) is 0 Å². The molecule has 0 aliphatic carbocycles. The number of benzene rings is 2. The molecule has 0 saturated heterocycles. The Balaban J connectivity index is 2.34. The third-order valence-corrected chi connectivity index (χ3v) is 4.68. The Morgan fingerprint density at radius 3 is 2.18 bits per heavy atom. The van der Waals surface area contributed by atoms with Gasteiger partial charge in [0, 0.05) is 0 Å². The smallest absolute Gasteiger partial charge is 0.261 e. The van der Waals surface area contributed by atoms with Crippen LogP contribution in [0.5, 0.6) is 0 Å². The average molecular weight is 318 g/mol. The van der Waals surface area contributed by atoms with Crippen molar-refractivity contribution in [3.8, 4) is 0 Å². The molecule has 0 aromatic heterocycles. The molecule has 0 aliphatic heterocycles. The molecule has 2 rings (SSSR count). The van der Waals surface area contributed by atoms with Crippen molar-refractivity contribution in [2.75, 3.05) is 4.72 Å². The van der Waals surface area contributed by atoms with Crippen molar-refractivity contribution in [2.24, 2.45) is 5.73 Å². The van der Waals surface area contributed by atoms with E-state index in [2.05, 4.69) is 4.72 Å². The summed E-state index contributed by atoms with van der Waals surface area (Å²) in [6.07, 6.45) is 0. The van der Waals surface area contributed by atoms with E-state index < -0.39 is 15.9 Å². The third kappa shape index (κ3) is 3.46.